The minimum Gasteiger partial charge on any atom is -0.368 e. The molecule has 0 aromatic carbocycles. The number of carbonyl (C=O) groups excluding carboxylic acids is 2. The number of primary amides is 1. The van der Waals surface area contributed by atoms with Gasteiger partial charge in [0.05, 0.1) is 0 Å². The smallest absolute Gasteiger partial charge is 0.241 e. The molecular weight excluding hydrogens is 206 g/mol. The van der Waals surface area contributed by atoms with Crippen molar-refractivity contribution < 1.29 is 9.59 Å². The predicted molar refractivity (Wildman–Crippen MR) is 60.0 cm³/mol. The summed E-state index contributed by atoms with van der Waals surface area (Å²) in [6.07, 6.45) is 5.66. The lowest BCUT2D eigenvalue weighted by atomic mass is 10.0. The summed E-state index contributed by atoms with van der Waals surface area (Å²) in [6, 6.07) is -0.639. The Labute approximate surface area is 94.0 Å². The molecule has 0 saturated carbocycles. The third-order valence-electron chi connectivity index (χ3n) is 2.94. The topological polar surface area (TPSA) is 75.8 Å². The highest BCUT2D eigenvalue weighted by atomic mass is 16.2. The number of nitrogens with two attached hydrogens (primary N) is 1. The Morgan fingerprint density at radius 2 is 2.12 bits per heavy atom. The van der Waals surface area contributed by atoms with Crippen LogP contribution in [-0.2, 0) is 9.59 Å². The molecule has 2 aliphatic rings. The van der Waals surface area contributed by atoms with Crippen molar-refractivity contribution in [1.29, 1.82) is 0 Å². The van der Waals surface area contributed by atoms with Crippen molar-refractivity contribution in [2.45, 2.75) is 25.3 Å². The van der Waals surface area contributed by atoms with Crippen molar-refractivity contribution in [3.8, 4) is 0 Å². The van der Waals surface area contributed by atoms with Crippen LogP contribution in [0.4, 0.5) is 0 Å². The number of amides is 1. The molecule has 0 radical (unpaired) electrons. The van der Waals surface area contributed by atoms with Gasteiger partial charge in [0.25, 0.3) is 0 Å². The van der Waals surface area contributed by atoms with Gasteiger partial charge >= 0.3 is 0 Å². The van der Waals surface area contributed by atoms with Gasteiger partial charge in [0.1, 0.15) is 11.8 Å². The van der Waals surface area contributed by atoms with Crippen LogP contribution in [0.25, 0.3) is 0 Å². The molecule has 2 rings (SSSR count). The fourth-order valence-electron chi connectivity index (χ4n) is 2.18. The zero-order valence-corrected chi connectivity index (χ0v) is 9.06. The summed E-state index contributed by atoms with van der Waals surface area (Å²) in [5.74, 6) is -0.581. The fraction of sp³-hybridized carbons (Fsp3) is 0.545. The van der Waals surface area contributed by atoms with Crippen LogP contribution in [0.5, 0.6) is 0 Å². The highest BCUT2D eigenvalue weighted by Crippen LogP contribution is 2.15. The third kappa shape index (κ3) is 2.04. The van der Waals surface area contributed by atoms with Gasteiger partial charge in [-0.15, -0.1) is 0 Å². The minimum atomic E-state index is -0.639. The molecule has 2 N–H and O–H groups in total. The summed E-state index contributed by atoms with van der Waals surface area (Å²) < 4.78 is 0. The summed E-state index contributed by atoms with van der Waals surface area (Å²) in [5.41, 5.74) is 5.67. The number of hydrogen-bond donors (Lipinski definition) is 1. The number of nitrogens with zero attached hydrogens (tertiary/aromatic N) is 2. The Kier molecular flexibility index (Phi) is 3.14. The maximum absolute atomic E-state index is 11.7. The van der Waals surface area contributed by atoms with E-state index in [0.717, 1.165) is 25.9 Å². The summed E-state index contributed by atoms with van der Waals surface area (Å²) in [4.78, 5) is 29.1. The molecule has 1 fully saturated rings. The van der Waals surface area contributed by atoms with Crippen LogP contribution < -0.4 is 5.73 Å². The molecule has 16 heavy (non-hydrogen) atoms. The predicted octanol–water partition coefficient (Wildman–Crippen LogP) is -0.136. The molecule has 0 aromatic heterocycles. The maximum atomic E-state index is 11.7. The number of hydrogen-bond acceptors (Lipinski definition) is 4. The summed E-state index contributed by atoms with van der Waals surface area (Å²) >= 11 is 0. The van der Waals surface area contributed by atoms with E-state index in [-0.39, 0.29) is 5.78 Å². The van der Waals surface area contributed by atoms with Crippen molar-refractivity contribution in [2.24, 2.45) is 10.7 Å². The molecule has 1 unspecified atom stereocenters. The number of allylic oxidation sites excluding steroid dienone is 1. The molecular formula is C11H15N3O2. The Morgan fingerprint density at radius 1 is 1.44 bits per heavy atom. The SMILES string of the molecule is NC(=O)C(C1=NC=CCC1=O)N1CCCC1. The van der Waals surface area contributed by atoms with E-state index in [9.17, 15) is 9.59 Å². The number of likely N-dealkylation sites (tertiary alicyclic amines) is 1. The first kappa shape index (κ1) is 11.0. The standard InChI is InChI=1S/C11H15N3O2/c12-11(16)10(14-6-1-2-7-14)9-8(15)4-3-5-13-9/h3,5,10H,1-2,4,6-7H2,(H2,12,16). The second kappa shape index (κ2) is 4.57. The quantitative estimate of drug-likeness (QED) is 0.721. The molecule has 0 spiro atoms. The van der Waals surface area contributed by atoms with Crippen molar-refractivity contribution in [3.63, 3.8) is 0 Å². The van der Waals surface area contributed by atoms with E-state index in [2.05, 4.69) is 4.99 Å². The Morgan fingerprint density at radius 3 is 2.69 bits per heavy atom. The molecule has 0 aromatic rings. The lowest BCUT2D eigenvalue weighted by Crippen LogP contribution is -2.51. The monoisotopic (exact) mass is 221 g/mol. The maximum Gasteiger partial charge on any atom is 0.241 e. The van der Waals surface area contributed by atoms with Crippen LogP contribution in [0, 0.1) is 0 Å². The number of aliphatic imine (C=N–C) groups is 1. The molecule has 0 aliphatic carbocycles. The van der Waals surface area contributed by atoms with E-state index in [4.69, 9.17) is 5.73 Å². The summed E-state index contributed by atoms with van der Waals surface area (Å²) in [6.45, 7) is 1.62. The average Bonchev–Trinajstić information content (AvgIpc) is 2.74. The van der Waals surface area contributed by atoms with Gasteiger partial charge in [0, 0.05) is 12.6 Å². The second-order valence-corrected chi connectivity index (χ2v) is 4.07. The second-order valence-electron chi connectivity index (χ2n) is 4.07. The molecule has 2 aliphatic heterocycles. The van der Waals surface area contributed by atoms with Gasteiger partial charge in [-0.1, -0.05) is 6.08 Å². The average molecular weight is 221 g/mol. The van der Waals surface area contributed by atoms with Gasteiger partial charge in [-0.25, -0.2) is 0 Å². The normalized spacial score (nSPS) is 23.2. The first-order chi connectivity index (χ1) is 7.70. The number of Topliss-reactive ketones (excluding diaryl/α,β-unsaturated/α-hetero) is 1. The van der Waals surface area contributed by atoms with Crippen LogP contribution >= 0.6 is 0 Å². The van der Waals surface area contributed by atoms with Crippen LogP contribution in [0.2, 0.25) is 0 Å². The lowest BCUT2D eigenvalue weighted by Gasteiger charge is -2.25. The van der Waals surface area contributed by atoms with Gasteiger partial charge < -0.3 is 5.73 Å². The largest absolute Gasteiger partial charge is 0.368 e. The Bertz CT molecular complexity index is 367. The van der Waals surface area contributed by atoms with Gasteiger partial charge in [0.2, 0.25) is 5.91 Å². The molecule has 1 atom stereocenters. The molecule has 1 saturated heterocycles. The van der Waals surface area contributed by atoms with E-state index >= 15 is 0 Å². The summed E-state index contributed by atoms with van der Waals surface area (Å²) in [7, 11) is 0. The van der Waals surface area contributed by atoms with E-state index in [0.29, 0.717) is 12.1 Å². The molecule has 1 amide bonds. The van der Waals surface area contributed by atoms with Crippen LogP contribution in [0.15, 0.2) is 17.3 Å². The van der Waals surface area contributed by atoms with Crippen LogP contribution in [-0.4, -0.2) is 41.4 Å². The minimum absolute atomic E-state index is 0.0989. The third-order valence-corrected chi connectivity index (χ3v) is 2.94. The van der Waals surface area contributed by atoms with Gasteiger partial charge in [-0.3, -0.25) is 19.5 Å². The molecule has 2 heterocycles. The van der Waals surface area contributed by atoms with E-state index in [1.165, 1.54) is 0 Å². The van der Waals surface area contributed by atoms with E-state index < -0.39 is 11.9 Å². The number of carbonyl (C=O) groups is 2. The molecule has 86 valence electrons. The van der Waals surface area contributed by atoms with Crippen molar-refractivity contribution in [1.82, 2.24) is 4.90 Å². The molecule has 0 bridgehead atoms. The van der Waals surface area contributed by atoms with Crippen molar-refractivity contribution in [3.05, 3.63) is 12.3 Å². The first-order valence-corrected chi connectivity index (χ1v) is 5.49. The molecule has 5 nitrogen and oxygen atoms in total. The van der Waals surface area contributed by atoms with Gasteiger partial charge in [0.15, 0.2) is 5.78 Å². The van der Waals surface area contributed by atoms with E-state index in [1.807, 2.05) is 4.90 Å². The van der Waals surface area contributed by atoms with Gasteiger partial charge in [-0.05, 0) is 25.9 Å². The first-order valence-electron chi connectivity index (χ1n) is 5.49. The highest BCUT2D eigenvalue weighted by molar-refractivity contribution is 6.46. The zero-order valence-electron chi connectivity index (χ0n) is 9.06. The Hall–Kier alpha value is -1.49. The van der Waals surface area contributed by atoms with Crippen molar-refractivity contribution >= 4 is 17.4 Å². The van der Waals surface area contributed by atoms with Crippen LogP contribution in [0.3, 0.4) is 0 Å². The van der Waals surface area contributed by atoms with E-state index in [1.54, 1.807) is 12.3 Å². The number of ketones is 1. The Balaban J connectivity index is 2.24. The molecule has 5 heteroatoms. The van der Waals surface area contributed by atoms with Crippen molar-refractivity contribution in [2.75, 3.05) is 13.1 Å². The van der Waals surface area contributed by atoms with Crippen LogP contribution in [0.1, 0.15) is 19.3 Å². The fourth-order valence-corrected chi connectivity index (χ4v) is 2.18. The highest BCUT2D eigenvalue weighted by Gasteiger charge is 2.34. The van der Waals surface area contributed by atoms with Gasteiger partial charge in [-0.2, -0.15) is 0 Å². The zero-order chi connectivity index (χ0) is 11.5. The number of rotatable bonds is 3. The summed E-state index contributed by atoms with van der Waals surface area (Å²) in [5, 5.41) is 0. The lowest BCUT2D eigenvalue weighted by molar-refractivity contribution is -0.122.